The molecule has 4 nitrogen and oxygen atoms in total. The molecule has 1 aromatic carbocycles. The minimum atomic E-state index is -0.648. The Hall–Kier alpha value is -1.26. The lowest BCUT2D eigenvalue weighted by Crippen LogP contribution is -2.22. The molecule has 2 heterocycles. The Morgan fingerprint density at radius 2 is 1.65 bits per heavy atom. The first-order valence-electron chi connectivity index (χ1n) is 5.96. The highest BCUT2D eigenvalue weighted by atomic mass is 16.7. The van der Waals surface area contributed by atoms with Crippen LogP contribution in [0.4, 0.5) is 0 Å². The molecular weight excluding hydrogens is 220 g/mol. The van der Waals surface area contributed by atoms with Crippen LogP contribution in [0.5, 0.6) is 11.5 Å². The van der Waals surface area contributed by atoms with Gasteiger partial charge in [-0.3, -0.25) is 0 Å². The number of rotatable bonds is 1. The van der Waals surface area contributed by atoms with Gasteiger partial charge in [0.05, 0.1) is 26.4 Å². The van der Waals surface area contributed by atoms with Crippen LogP contribution in [0.3, 0.4) is 0 Å². The molecule has 0 atom stereocenters. The molecule has 92 valence electrons. The average Bonchev–Trinajstić information content (AvgIpc) is 2.65. The van der Waals surface area contributed by atoms with E-state index in [2.05, 4.69) is 0 Å². The number of hydrogen-bond donors (Lipinski definition) is 0. The number of ether oxygens (including phenoxy) is 4. The van der Waals surface area contributed by atoms with Crippen molar-refractivity contribution in [2.45, 2.75) is 19.1 Å². The second kappa shape index (κ2) is 4.20. The molecular formula is C13H16O4. The summed E-state index contributed by atoms with van der Waals surface area (Å²) in [7, 11) is 0. The minimum Gasteiger partial charge on any atom is -0.490 e. The van der Waals surface area contributed by atoms with Crippen molar-refractivity contribution in [1.29, 1.82) is 0 Å². The average molecular weight is 236 g/mol. The summed E-state index contributed by atoms with van der Waals surface area (Å²) in [6.07, 6.45) is 0.911. The Bertz CT molecular complexity index is 410. The molecule has 3 rings (SSSR count). The van der Waals surface area contributed by atoms with Gasteiger partial charge in [-0.25, -0.2) is 0 Å². The van der Waals surface area contributed by atoms with E-state index in [0.29, 0.717) is 26.4 Å². The molecule has 2 aliphatic heterocycles. The van der Waals surface area contributed by atoms with Gasteiger partial charge in [-0.2, -0.15) is 0 Å². The maximum Gasteiger partial charge on any atom is 0.192 e. The summed E-state index contributed by atoms with van der Waals surface area (Å²) in [4.78, 5) is 0. The molecule has 17 heavy (non-hydrogen) atoms. The largest absolute Gasteiger partial charge is 0.490 e. The Morgan fingerprint density at radius 3 is 2.41 bits per heavy atom. The summed E-state index contributed by atoms with van der Waals surface area (Å²) in [6.45, 7) is 4.58. The highest BCUT2D eigenvalue weighted by Crippen LogP contribution is 2.37. The molecule has 0 unspecified atom stereocenters. The second-order valence-corrected chi connectivity index (χ2v) is 4.35. The topological polar surface area (TPSA) is 36.9 Å². The minimum absolute atomic E-state index is 0.630. The van der Waals surface area contributed by atoms with Gasteiger partial charge in [0.25, 0.3) is 0 Å². The van der Waals surface area contributed by atoms with Crippen molar-refractivity contribution in [2.75, 3.05) is 26.4 Å². The van der Waals surface area contributed by atoms with E-state index in [1.54, 1.807) is 0 Å². The zero-order valence-electron chi connectivity index (χ0n) is 9.90. The Labute approximate surface area is 100 Å². The van der Waals surface area contributed by atoms with Gasteiger partial charge in [0.1, 0.15) is 0 Å². The van der Waals surface area contributed by atoms with Gasteiger partial charge in [0.15, 0.2) is 17.3 Å². The van der Waals surface area contributed by atoms with E-state index in [9.17, 15) is 0 Å². The van der Waals surface area contributed by atoms with Gasteiger partial charge in [-0.1, -0.05) is 0 Å². The molecule has 2 aliphatic rings. The Kier molecular flexibility index (Phi) is 2.68. The van der Waals surface area contributed by atoms with Crippen LogP contribution in [0, 0.1) is 0 Å². The highest BCUT2D eigenvalue weighted by Gasteiger charge is 2.34. The first-order valence-corrected chi connectivity index (χ1v) is 5.96. The highest BCUT2D eigenvalue weighted by molar-refractivity contribution is 5.44. The van der Waals surface area contributed by atoms with Crippen molar-refractivity contribution in [2.24, 2.45) is 0 Å². The lowest BCUT2D eigenvalue weighted by Gasteiger charge is -2.23. The molecule has 0 N–H and O–H groups in total. The molecule has 0 amide bonds. The summed E-state index contributed by atoms with van der Waals surface area (Å²) >= 11 is 0. The molecule has 4 heteroatoms. The van der Waals surface area contributed by atoms with Crippen molar-refractivity contribution in [1.82, 2.24) is 0 Å². The standard InChI is InChI=1S/C13H16O4/c1-13(16-7-8-17-13)10-3-4-11-12(9-10)15-6-2-5-14-11/h3-4,9H,2,5-8H2,1H3. The van der Waals surface area contributed by atoms with Crippen molar-refractivity contribution < 1.29 is 18.9 Å². The fourth-order valence-electron chi connectivity index (χ4n) is 2.13. The summed E-state index contributed by atoms with van der Waals surface area (Å²) < 4.78 is 22.5. The maximum absolute atomic E-state index is 5.66. The molecule has 0 spiro atoms. The lowest BCUT2D eigenvalue weighted by atomic mass is 10.1. The van der Waals surface area contributed by atoms with Gasteiger partial charge in [0, 0.05) is 12.0 Å². The lowest BCUT2D eigenvalue weighted by molar-refractivity contribution is -0.149. The van der Waals surface area contributed by atoms with E-state index in [-0.39, 0.29) is 0 Å². The van der Waals surface area contributed by atoms with E-state index in [0.717, 1.165) is 23.5 Å². The van der Waals surface area contributed by atoms with Crippen LogP contribution in [0.25, 0.3) is 0 Å². The van der Waals surface area contributed by atoms with E-state index < -0.39 is 5.79 Å². The van der Waals surface area contributed by atoms with Crippen LogP contribution in [0.2, 0.25) is 0 Å². The van der Waals surface area contributed by atoms with Crippen LogP contribution in [0.1, 0.15) is 18.9 Å². The molecule has 0 saturated carbocycles. The van der Waals surface area contributed by atoms with Gasteiger partial charge < -0.3 is 18.9 Å². The summed E-state index contributed by atoms with van der Waals surface area (Å²) in [6, 6.07) is 5.84. The normalized spacial score (nSPS) is 22.2. The third kappa shape index (κ3) is 1.98. The molecule has 0 aromatic heterocycles. The van der Waals surface area contributed by atoms with E-state index in [1.807, 2.05) is 25.1 Å². The summed E-state index contributed by atoms with van der Waals surface area (Å²) in [5, 5.41) is 0. The molecule has 0 bridgehead atoms. The zero-order chi connectivity index (χ0) is 11.7. The predicted octanol–water partition coefficient (Wildman–Crippen LogP) is 2.07. The summed E-state index contributed by atoms with van der Waals surface area (Å²) in [5.41, 5.74) is 0.972. The van der Waals surface area contributed by atoms with Crippen LogP contribution < -0.4 is 9.47 Å². The summed E-state index contributed by atoms with van der Waals surface area (Å²) in [5.74, 6) is 0.929. The first-order chi connectivity index (χ1) is 8.28. The van der Waals surface area contributed by atoms with Gasteiger partial charge in [-0.05, 0) is 25.1 Å². The Balaban J connectivity index is 1.94. The fraction of sp³-hybridized carbons (Fsp3) is 0.538. The molecule has 1 aromatic rings. The molecule has 0 aliphatic carbocycles. The van der Waals surface area contributed by atoms with E-state index in [4.69, 9.17) is 18.9 Å². The van der Waals surface area contributed by atoms with Gasteiger partial charge in [0.2, 0.25) is 0 Å². The van der Waals surface area contributed by atoms with Crippen molar-refractivity contribution in [3.63, 3.8) is 0 Å². The van der Waals surface area contributed by atoms with Gasteiger partial charge in [-0.15, -0.1) is 0 Å². The van der Waals surface area contributed by atoms with Crippen molar-refractivity contribution in [3.8, 4) is 11.5 Å². The first kappa shape index (κ1) is 10.9. The van der Waals surface area contributed by atoms with Gasteiger partial charge >= 0.3 is 0 Å². The number of hydrogen-bond acceptors (Lipinski definition) is 4. The smallest absolute Gasteiger partial charge is 0.192 e. The molecule has 1 saturated heterocycles. The number of fused-ring (bicyclic) bond motifs is 1. The molecule has 1 fully saturated rings. The molecule has 0 radical (unpaired) electrons. The zero-order valence-corrected chi connectivity index (χ0v) is 9.90. The quantitative estimate of drug-likeness (QED) is 0.748. The van der Waals surface area contributed by atoms with E-state index >= 15 is 0 Å². The van der Waals surface area contributed by atoms with E-state index in [1.165, 1.54) is 0 Å². The second-order valence-electron chi connectivity index (χ2n) is 4.35. The third-order valence-electron chi connectivity index (χ3n) is 3.11. The van der Waals surface area contributed by atoms with Crippen LogP contribution in [-0.2, 0) is 15.3 Å². The fourth-order valence-corrected chi connectivity index (χ4v) is 2.13. The van der Waals surface area contributed by atoms with Crippen molar-refractivity contribution >= 4 is 0 Å². The SMILES string of the molecule is CC1(c2ccc3c(c2)OCCCO3)OCCO1. The predicted molar refractivity (Wildman–Crippen MR) is 61.3 cm³/mol. The van der Waals surface area contributed by atoms with Crippen LogP contribution in [0.15, 0.2) is 18.2 Å². The third-order valence-corrected chi connectivity index (χ3v) is 3.11. The maximum atomic E-state index is 5.66. The monoisotopic (exact) mass is 236 g/mol. The van der Waals surface area contributed by atoms with Crippen LogP contribution in [-0.4, -0.2) is 26.4 Å². The van der Waals surface area contributed by atoms with Crippen molar-refractivity contribution in [3.05, 3.63) is 23.8 Å². The van der Waals surface area contributed by atoms with Crippen LogP contribution >= 0.6 is 0 Å². The number of benzene rings is 1. The Morgan fingerprint density at radius 1 is 0.941 bits per heavy atom.